The summed E-state index contributed by atoms with van der Waals surface area (Å²) in [5, 5.41) is 0. The molecule has 0 aromatic heterocycles. The summed E-state index contributed by atoms with van der Waals surface area (Å²) in [4.78, 5) is 0. The van der Waals surface area contributed by atoms with E-state index in [0.717, 1.165) is 21.5 Å². The van der Waals surface area contributed by atoms with Gasteiger partial charge in [0.2, 0.25) is 0 Å². The van der Waals surface area contributed by atoms with Crippen molar-refractivity contribution in [3.63, 3.8) is 0 Å². The molecule has 2 aromatic carbocycles. The molecule has 0 radical (unpaired) electrons. The zero-order valence-electron chi connectivity index (χ0n) is 12.1. The molecule has 0 fully saturated rings. The van der Waals surface area contributed by atoms with Crippen LogP contribution in [0.3, 0.4) is 0 Å². The molecule has 2 rings (SSSR count). The summed E-state index contributed by atoms with van der Waals surface area (Å²) >= 11 is 3.53. The van der Waals surface area contributed by atoms with Crippen molar-refractivity contribution in [2.75, 3.05) is 0 Å². The van der Waals surface area contributed by atoms with Gasteiger partial charge in [0.1, 0.15) is 11.5 Å². The molecule has 106 valence electrons. The summed E-state index contributed by atoms with van der Waals surface area (Å²) in [6.45, 7) is 6.32. The van der Waals surface area contributed by atoms with Gasteiger partial charge in [-0.3, -0.25) is 0 Å². The number of benzene rings is 2. The normalized spacial score (nSPS) is 12.5. The van der Waals surface area contributed by atoms with E-state index in [-0.39, 0.29) is 6.04 Å². The van der Waals surface area contributed by atoms with Crippen LogP contribution in [0.15, 0.2) is 46.9 Å². The predicted octanol–water partition coefficient (Wildman–Crippen LogP) is 5.38. The van der Waals surface area contributed by atoms with Crippen molar-refractivity contribution < 1.29 is 4.74 Å². The van der Waals surface area contributed by atoms with E-state index < -0.39 is 0 Å². The van der Waals surface area contributed by atoms with Gasteiger partial charge in [-0.15, -0.1) is 0 Å². The molecule has 0 aliphatic carbocycles. The number of ether oxygens (including phenoxy) is 1. The SMILES string of the molecule is CC(C)c1ccc(Oc2ccc(C(C)N)c(Br)c2)cc1. The van der Waals surface area contributed by atoms with Crippen molar-refractivity contribution in [2.45, 2.75) is 32.7 Å². The first-order valence-electron chi connectivity index (χ1n) is 6.80. The summed E-state index contributed by atoms with van der Waals surface area (Å²) in [6, 6.07) is 14.1. The fourth-order valence-corrected chi connectivity index (χ4v) is 2.72. The molecule has 0 heterocycles. The van der Waals surface area contributed by atoms with Gasteiger partial charge in [-0.25, -0.2) is 0 Å². The Hall–Kier alpha value is -1.32. The maximum atomic E-state index is 5.89. The van der Waals surface area contributed by atoms with Gasteiger partial charge in [0.05, 0.1) is 0 Å². The van der Waals surface area contributed by atoms with Crippen molar-refractivity contribution in [3.05, 3.63) is 58.1 Å². The molecule has 1 unspecified atom stereocenters. The van der Waals surface area contributed by atoms with E-state index in [1.54, 1.807) is 0 Å². The first kappa shape index (κ1) is 15.1. The molecule has 2 nitrogen and oxygen atoms in total. The lowest BCUT2D eigenvalue weighted by molar-refractivity contribution is 0.481. The average Bonchev–Trinajstić information content (AvgIpc) is 2.39. The van der Waals surface area contributed by atoms with Crippen LogP contribution in [0.2, 0.25) is 0 Å². The summed E-state index contributed by atoms with van der Waals surface area (Å²) in [6.07, 6.45) is 0. The van der Waals surface area contributed by atoms with Gasteiger partial charge in [-0.2, -0.15) is 0 Å². The zero-order chi connectivity index (χ0) is 14.7. The summed E-state index contributed by atoms with van der Waals surface area (Å²) in [7, 11) is 0. The molecule has 0 aliphatic rings. The lowest BCUT2D eigenvalue weighted by Gasteiger charge is -2.12. The largest absolute Gasteiger partial charge is 0.457 e. The van der Waals surface area contributed by atoms with E-state index in [1.807, 2.05) is 37.3 Å². The summed E-state index contributed by atoms with van der Waals surface area (Å²) in [5.74, 6) is 2.18. The van der Waals surface area contributed by atoms with Crippen molar-refractivity contribution in [2.24, 2.45) is 5.73 Å². The van der Waals surface area contributed by atoms with Crippen molar-refractivity contribution in [1.82, 2.24) is 0 Å². The van der Waals surface area contributed by atoms with Gasteiger partial charge < -0.3 is 10.5 Å². The molecule has 0 saturated heterocycles. The zero-order valence-corrected chi connectivity index (χ0v) is 13.6. The Labute approximate surface area is 129 Å². The molecule has 2 N–H and O–H groups in total. The number of hydrogen-bond acceptors (Lipinski definition) is 2. The highest BCUT2D eigenvalue weighted by Crippen LogP contribution is 2.30. The monoisotopic (exact) mass is 333 g/mol. The minimum atomic E-state index is 0.00347. The van der Waals surface area contributed by atoms with Crippen LogP contribution in [0.4, 0.5) is 0 Å². The molecule has 0 bridgehead atoms. The van der Waals surface area contributed by atoms with E-state index in [9.17, 15) is 0 Å². The standard InChI is InChI=1S/C17H20BrNO/c1-11(2)13-4-6-14(7-5-13)20-15-8-9-16(12(3)19)17(18)10-15/h4-12H,19H2,1-3H3. The third-order valence-corrected chi connectivity index (χ3v) is 3.93. The first-order chi connectivity index (χ1) is 9.47. The molecule has 0 saturated carbocycles. The third kappa shape index (κ3) is 3.62. The smallest absolute Gasteiger partial charge is 0.128 e. The third-order valence-electron chi connectivity index (χ3n) is 3.24. The van der Waals surface area contributed by atoms with Crippen LogP contribution in [-0.2, 0) is 0 Å². The second kappa shape index (κ2) is 6.42. The lowest BCUT2D eigenvalue weighted by atomic mass is 10.0. The van der Waals surface area contributed by atoms with Crippen LogP contribution in [-0.4, -0.2) is 0 Å². The number of halogens is 1. The van der Waals surface area contributed by atoms with Gasteiger partial charge in [-0.1, -0.05) is 48.0 Å². The van der Waals surface area contributed by atoms with E-state index in [0.29, 0.717) is 5.92 Å². The van der Waals surface area contributed by atoms with E-state index in [4.69, 9.17) is 10.5 Å². The van der Waals surface area contributed by atoms with E-state index in [1.165, 1.54) is 5.56 Å². The predicted molar refractivity (Wildman–Crippen MR) is 87.3 cm³/mol. The Kier molecular flexibility index (Phi) is 4.84. The van der Waals surface area contributed by atoms with Crippen molar-refractivity contribution >= 4 is 15.9 Å². The second-order valence-electron chi connectivity index (χ2n) is 5.30. The molecule has 0 spiro atoms. The van der Waals surface area contributed by atoms with Crippen LogP contribution in [0.1, 0.15) is 43.9 Å². The van der Waals surface area contributed by atoms with Crippen LogP contribution >= 0.6 is 15.9 Å². The minimum absolute atomic E-state index is 0.00347. The minimum Gasteiger partial charge on any atom is -0.457 e. The maximum Gasteiger partial charge on any atom is 0.128 e. The highest BCUT2D eigenvalue weighted by atomic mass is 79.9. The van der Waals surface area contributed by atoms with Crippen molar-refractivity contribution in [3.8, 4) is 11.5 Å². The van der Waals surface area contributed by atoms with E-state index >= 15 is 0 Å². The number of rotatable bonds is 4. The highest BCUT2D eigenvalue weighted by Gasteiger charge is 2.07. The van der Waals surface area contributed by atoms with Crippen molar-refractivity contribution in [1.29, 1.82) is 0 Å². The summed E-state index contributed by atoms with van der Waals surface area (Å²) in [5.41, 5.74) is 8.28. The van der Waals surface area contributed by atoms with E-state index in [2.05, 4.69) is 41.9 Å². The van der Waals surface area contributed by atoms with Crippen LogP contribution < -0.4 is 10.5 Å². The fourth-order valence-electron chi connectivity index (χ4n) is 2.00. The highest BCUT2D eigenvalue weighted by molar-refractivity contribution is 9.10. The Morgan fingerprint density at radius 2 is 1.55 bits per heavy atom. The maximum absolute atomic E-state index is 5.89. The fraction of sp³-hybridized carbons (Fsp3) is 0.294. The molecular formula is C17H20BrNO. The number of hydrogen-bond donors (Lipinski definition) is 1. The molecule has 20 heavy (non-hydrogen) atoms. The second-order valence-corrected chi connectivity index (χ2v) is 6.15. The molecule has 0 amide bonds. The molecule has 2 aromatic rings. The average molecular weight is 334 g/mol. The Balaban J connectivity index is 2.15. The quantitative estimate of drug-likeness (QED) is 0.814. The van der Waals surface area contributed by atoms with Gasteiger partial charge >= 0.3 is 0 Å². The number of nitrogens with two attached hydrogens (primary N) is 1. The Morgan fingerprint density at radius 3 is 2.05 bits per heavy atom. The topological polar surface area (TPSA) is 35.2 Å². The lowest BCUT2D eigenvalue weighted by Crippen LogP contribution is -2.05. The molecule has 3 heteroatoms. The van der Waals surface area contributed by atoms with Crippen LogP contribution in [0, 0.1) is 0 Å². The van der Waals surface area contributed by atoms with Gasteiger partial charge in [0.25, 0.3) is 0 Å². The van der Waals surface area contributed by atoms with Crippen LogP contribution in [0.25, 0.3) is 0 Å². The van der Waals surface area contributed by atoms with Crippen LogP contribution in [0.5, 0.6) is 11.5 Å². The summed E-state index contributed by atoms with van der Waals surface area (Å²) < 4.78 is 6.83. The van der Waals surface area contributed by atoms with Gasteiger partial charge in [-0.05, 0) is 48.2 Å². The van der Waals surface area contributed by atoms with Gasteiger partial charge in [0, 0.05) is 10.5 Å². The molecule has 0 aliphatic heterocycles. The molecule has 1 atom stereocenters. The Bertz CT molecular complexity index is 576. The Morgan fingerprint density at radius 1 is 0.950 bits per heavy atom. The molecular weight excluding hydrogens is 314 g/mol. The first-order valence-corrected chi connectivity index (χ1v) is 7.59. The van der Waals surface area contributed by atoms with Gasteiger partial charge in [0.15, 0.2) is 0 Å².